The number of amides is 2. The van der Waals surface area contributed by atoms with Crippen molar-refractivity contribution < 1.29 is 14.3 Å². The Kier molecular flexibility index (Phi) is 5.56. The van der Waals surface area contributed by atoms with Crippen LogP contribution in [0.4, 0.5) is 11.4 Å². The van der Waals surface area contributed by atoms with Gasteiger partial charge in [-0.2, -0.15) is 0 Å². The molecule has 136 valence electrons. The van der Waals surface area contributed by atoms with Gasteiger partial charge in [0, 0.05) is 35.2 Å². The molecule has 2 amide bonds. The summed E-state index contributed by atoms with van der Waals surface area (Å²) in [5, 5.41) is 6.19. The first-order valence-electron chi connectivity index (χ1n) is 8.31. The number of carbonyl (C=O) groups is 2. The topological polar surface area (TPSA) is 93.5 Å². The van der Waals surface area contributed by atoms with Gasteiger partial charge < -0.3 is 21.1 Å². The normalized spacial score (nSPS) is 15.9. The van der Waals surface area contributed by atoms with Crippen LogP contribution in [0.25, 0.3) is 0 Å². The van der Waals surface area contributed by atoms with Crippen molar-refractivity contribution in [3.63, 3.8) is 0 Å². The summed E-state index contributed by atoms with van der Waals surface area (Å²) in [5.74, 6) is -0.458. The molecular formula is C19H20ClN3O3. The van der Waals surface area contributed by atoms with Gasteiger partial charge in [-0.3, -0.25) is 9.59 Å². The smallest absolute Gasteiger partial charge is 0.255 e. The first kappa shape index (κ1) is 18.4. The largest absolute Gasteiger partial charge is 0.381 e. The van der Waals surface area contributed by atoms with Gasteiger partial charge in [-0.25, -0.2) is 0 Å². The molecule has 7 heteroatoms. The first-order valence-corrected chi connectivity index (χ1v) is 8.69. The van der Waals surface area contributed by atoms with Crippen LogP contribution in [0.3, 0.4) is 0 Å². The molecule has 2 aromatic carbocycles. The molecule has 0 unspecified atom stereocenters. The second-order valence-electron chi connectivity index (χ2n) is 6.26. The third-order valence-corrected chi connectivity index (χ3v) is 4.60. The minimum atomic E-state index is -0.903. The second kappa shape index (κ2) is 7.86. The predicted octanol–water partition coefficient (Wildman–Crippen LogP) is 3.04. The summed E-state index contributed by atoms with van der Waals surface area (Å²) in [5.41, 5.74) is 7.01. The van der Waals surface area contributed by atoms with Crippen molar-refractivity contribution in [3.05, 3.63) is 59.1 Å². The van der Waals surface area contributed by atoms with Gasteiger partial charge >= 0.3 is 0 Å². The van der Waals surface area contributed by atoms with E-state index in [2.05, 4.69) is 10.6 Å². The summed E-state index contributed by atoms with van der Waals surface area (Å²) in [6, 6.07) is 13.5. The van der Waals surface area contributed by atoms with Crippen molar-refractivity contribution in [1.82, 2.24) is 0 Å². The fourth-order valence-electron chi connectivity index (χ4n) is 2.66. The van der Waals surface area contributed by atoms with Crippen LogP contribution in [0.2, 0.25) is 5.02 Å². The van der Waals surface area contributed by atoms with E-state index in [9.17, 15) is 9.59 Å². The third-order valence-electron chi connectivity index (χ3n) is 4.34. The van der Waals surface area contributed by atoms with E-state index in [0.29, 0.717) is 48.0 Å². The third kappa shape index (κ3) is 4.40. The number of rotatable bonds is 4. The molecule has 0 saturated carbocycles. The van der Waals surface area contributed by atoms with Crippen LogP contribution in [-0.4, -0.2) is 30.6 Å². The standard InChI is InChI=1S/C19H20ClN3O3/c20-14-3-1-13(2-4-14)17(24)22-15-5-7-16(8-6-15)23-18(25)19(21)9-11-26-12-10-19/h1-8H,9-12,21H2,(H,22,24)(H,23,25). The summed E-state index contributed by atoms with van der Waals surface area (Å²) >= 11 is 5.82. The van der Waals surface area contributed by atoms with E-state index in [1.807, 2.05) is 0 Å². The zero-order chi connectivity index (χ0) is 18.6. The van der Waals surface area contributed by atoms with Crippen LogP contribution in [-0.2, 0) is 9.53 Å². The van der Waals surface area contributed by atoms with Crippen LogP contribution in [0, 0.1) is 0 Å². The summed E-state index contributed by atoms with van der Waals surface area (Å²) in [6.45, 7) is 0.971. The SMILES string of the molecule is NC1(C(=O)Nc2ccc(NC(=O)c3ccc(Cl)cc3)cc2)CCOCC1. The molecular weight excluding hydrogens is 354 g/mol. The summed E-state index contributed by atoms with van der Waals surface area (Å²) in [7, 11) is 0. The van der Waals surface area contributed by atoms with Crippen LogP contribution in [0.15, 0.2) is 48.5 Å². The van der Waals surface area contributed by atoms with Gasteiger partial charge in [0.25, 0.3) is 5.91 Å². The number of halogens is 1. The van der Waals surface area contributed by atoms with Gasteiger partial charge in [0.15, 0.2) is 0 Å². The monoisotopic (exact) mass is 373 g/mol. The van der Waals surface area contributed by atoms with Crippen LogP contribution in [0.5, 0.6) is 0 Å². The highest BCUT2D eigenvalue weighted by Crippen LogP contribution is 2.21. The molecule has 0 bridgehead atoms. The van der Waals surface area contributed by atoms with E-state index in [0.717, 1.165) is 0 Å². The second-order valence-corrected chi connectivity index (χ2v) is 6.70. The zero-order valence-electron chi connectivity index (χ0n) is 14.1. The minimum absolute atomic E-state index is 0.223. The lowest BCUT2D eigenvalue weighted by atomic mass is 9.90. The average molecular weight is 374 g/mol. The highest BCUT2D eigenvalue weighted by atomic mass is 35.5. The molecule has 0 aromatic heterocycles. The molecule has 4 N–H and O–H groups in total. The quantitative estimate of drug-likeness (QED) is 0.767. The maximum Gasteiger partial charge on any atom is 0.255 e. The lowest BCUT2D eigenvalue weighted by Crippen LogP contribution is -2.54. The van der Waals surface area contributed by atoms with E-state index in [1.165, 1.54) is 0 Å². The summed E-state index contributed by atoms with van der Waals surface area (Å²) < 4.78 is 5.25. The van der Waals surface area contributed by atoms with E-state index in [1.54, 1.807) is 48.5 Å². The molecule has 26 heavy (non-hydrogen) atoms. The Morgan fingerprint density at radius 3 is 2.04 bits per heavy atom. The summed E-state index contributed by atoms with van der Waals surface area (Å²) in [4.78, 5) is 24.6. The van der Waals surface area contributed by atoms with Crippen LogP contribution in [0.1, 0.15) is 23.2 Å². The van der Waals surface area contributed by atoms with Crippen molar-refractivity contribution in [2.45, 2.75) is 18.4 Å². The number of nitrogens with two attached hydrogens (primary N) is 1. The first-order chi connectivity index (χ1) is 12.5. The van der Waals surface area contributed by atoms with E-state index in [-0.39, 0.29) is 11.8 Å². The Morgan fingerprint density at radius 2 is 1.46 bits per heavy atom. The number of nitrogens with one attached hydrogen (secondary N) is 2. The molecule has 2 aromatic rings. The van der Waals surface area contributed by atoms with Crippen LogP contribution < -0.4 is 16.4 Å². The van der Waals surface area contributed by atoms with Gasteiger partial charge in [0.1, 0.15) is 5.54 Å². The minimum Gasteiger partial charge on any atom is -0.381 e. The Morgan fingerprint density at radius 1 is 0.923 bits per heavy atom. The molecule has 1 saturated heterocycles. The lowest BCUT2D eigenvalue weighted by Gasteiger charge is -2.31. The molecule has 1 fully saturated rings. The number of ether oxygens (including phenoxy) is 1. The van der Waals surface area contributed by atoms with Crippen molar-refractivity contribution in [1.29, 1.82) is 0 Å². The molecule has 0 spiro atoms. The Bertz CT molecular complexity index is 785. The van der Waals surface area contributed by atoms with Crippen LogP contribution >= 0.6 is 11.6 Å². The number of benzene rings is 2. The molecule has 0 atom stereocenters. The van der Waals surface area contributed by atoms with Gasteiger partial charge in [-0.1, -0.05) is 11.6 Å². The van der Waals surface area contributed by atoms with Gasteiger partial charge in [0.05, 0.1) is 0 Å². The highest BCUT2D eigenvalue weighted by Gasteiger charge is 2.35. The molecule has 0 radical (unpaired) electrons. The number of carbonyl (C=O) groups excluding carboxylic acids is 2. The van der Waals surface area contributed by atoms with Gasteiger partial charge in [0.2, 0.25) is 5.91 Å². The van der Waals surface area contributed by atoms with Crippen molar-refractivity contribution in [2.24, 2.45) is 5.73 Å². The Hall–Kier alpha value is -2.41. The van der Waals surface area contributed by atoms with Crippen molar-refractivity contribution >= 4 is 34.8 Å². The maximum absolute atomic E-state index is 12.4. The fraction of sp³-hybridized carbons (Fsp3) is 0.263. The summed E-state index contributed by atoms with van der Waals surface area (Å²) in [6.07, 6.45) is 0.988. The number of hydrogen-bond acceptors (Lipinski definition) is 4. The van der Waals surface area contributed by atoms with Gasteiger partial charge in [-0.05, 0) is 61.4 Å². The van der Waals surface area contributed by atoms with Crippen molar-refractivity contribution in [2.75, 3.05) is 23.8 Å². The zero-order valence-corrected chi connectivity index (χ0v) is 14.9. The van der Waals surface area contributed by atoms with E-state index in [4.69, 9.17) is 22.1 Å². The van der Waals surface area contributed by atoms with E-state index < -0.39 is 5.54 Å². The highest BCUT2D eigenvalue weighted by molar-refractivity contribution is 6.30. The average Bonchev–Trinajstić information content (AvgIpc) is 2.64. The molecule has 1 aliphatic rings. The maximum atomic E-state index is 12.4. The Balaban J connectivity index is 1.60. The molecule has 6 nitrogen and oxygen atoms in total. The number of anilines is 2. The van der Waals surface area contributed by atoms with Crippen molar-refractivity contribution in [3.8, 4) is 0 Å². The fourth-order valence-corrected chi connectivity index (χ4v) is 2.79. The molecule has 1 aliphatic heterocycles. The molecule has 1 heterocycles. The Labute approximate surface area is 156 Å². The van der Waals surface area contributed by atoms with E-state index >= 15 is 0 Å². The number of hydrogen-bond donors (Lipinski definition) is 3. The molecule has 3 rings (SSSR count). The molecule has 0 aliphatic carbocycles. The van der Waals surface area contributed by atoms with Gasteiger partial charge in [-0.15, -0.1) is 0 Å². The predicted molar refractivity (Wildman–Crippen MR) is 101 cm³/mol. The lowest BCUT2D eigenvalue weighted by molar-refractivity contribution is -0.124.